The smallest absolute Gasteiger partial charge is 0.261 e. The van der Waals surface area contributed by atoms with Crippen molar-refractivity contribution in [3.05, 3.63) is 53.1 Å². The van der Waals surface area contributed by atoms with Crippen molar-refractivity contribution in [2.75, 3.05) is 7.11 Å². The van der Waals surface area contributed by atoms with Crippen LogP contribution in [0, 0.1) is 13.8 Å². The third-order valence-electron chi connectivity index (χ3n) is 5.27. The Morgan fingerprint density at radius 2 is 2.00 bits per heavy atom. The molecule has 2 aromatic carbocycles. The number of benzene rings is 2. The summed E-state index contributed by atoms with van der Waals surface area (Å²) in [6, 6.07) is 11.6. The minimum atomic E-state index is -0.553. The molecule has 1 amide bonds. The van der Waals surface area contributed by atoms with Crippen LogP contribution < -0.4 is 19.5 Å². The number of amides is 1. The van der Waals surface area contributed by atoms with E-state index in [0.29, 0.717) is 12.8 Å². The van der Waals surface area contributed by atoms with Crippen LogP contribution in [0.5, 0.6) is 17.2 Å². The van der Waals surface area contributed by atoms with Gasteiger partial charge in [-0.2, -0.15) is 0 Å². The summed E-state index contributed by atoms with van der Waals surface area (Å²) in [5.74, 6) is 2.12. The van der Waals surface area contributed by atoms with E-state index in [1.807, 2.05) is 71.0 Å². The normalized spacial score (nSPS) is 18.2. The number of aryl methyl sites for hydroxylation is 2. The van der Waals surface area contributed by atoms with Gasteiger partial charge in [-0.25, -0.2) is 0 Å². The molecule has 29 heavy (non-hydrogen) atoms. The number of nitrogens with one attached hydrogen (secondary N) is 1. The number of fused-ring (bicyclic) bond motifs is 1. The Morgan fingerprint density at radius 1 is 1.24 bits per heavy atom. The minimum Gasteiger partial charge on any atom is -0.497 e. The number of carbonyl (C=O) groups excluding carboxylic acids is 1. The summed E-state index contributed by atoms with van der Waals surface area (Å²) in [6.07, 6.45) is 0.711. The Morgan fingerprint density at radius 3 is 2.69 bits per heavy atom. The molecule has 3 rings (SSSR count). The number of hydrogen-bond acceptors (Lipinski definition) is 4. The van der Waals surface area contributed by atoms with Gasteiger partial charge in [0, 0.05) is 18.1 Å². The molecule has 0 unspecified atom stereocenters. The Balaban J connectivity index is 1.80. The zero-order chi connectivity index (χ0) is 21.2. The Kier molecular flexibility index (Phi) is 6.06. The third-order valence-corrected chi connectivity index (χ3v) is 5.27. The molecule has 1 aliphatic rings. The molecule has 2 atom stereocenters. The first-order valence-electron chi connectivity index (χ1n) is 10.1. The summed E-state index contributed by atoms with van der Waals surface area (Å²) < 4.78 is 17.5. The van der Waals surface area contributed by atoms with Crippen molar-refractivity contribution in [3.63, 3.8) is 0 Å². The lowest BCUT2D eigenvalue weighted by atomic mass is 9.89. The predicted octanol–water partition coefficient (Wildman–Crippen LogP) is 4.89. The van der Waals surface area contributed by atoms with Crippen molar-refractivity contribution < 1.29 is 19.0 Å². The lowest BCUT2D eigenvalue weighted by Gasteiger charge is -2.38. The van der Waals surface area contributed by atoms with Crippen LogP contribution in [-0.4, -0.2) is 24.7 Å². The topological polar surface area (TPSA) is 56.8 Å². The average Bonchev–Trinajstić information content (AvgIpc) is 2.67. The van der Waals surface area contributed by atoms with Crippen molar-refractivity contribution in [1.82, 2.24) is 5.32 Å². The van der Waals surface area contributed by atoms with E-state index < -0.39 is 11.7 Å². The van der Waals surface area contributed by atoms with Crippen LogP contribution in [-0.2, 0) is 4.79 Å². The standard InChI is InChI=1S/C24H31NO4/c1-7-20(28-21-12-15(2)8-9-16(21)3)23(26)25-19-14-24(4,5)29-22-13-17(27-6)10-11-18(19)22/h8-13,19-20H,7,14H2,1-6H3,(H,25,26)/t19-,20-/m0/s1. The quantitative estimate of drug-likeness (QED) is 0.754. The number of hydrogen-bond donors (Lipinski definition) is 1. The van der Waals surface area contributed by atoms with Crippen molar-refractivity contribution >= 4 is 5.91 Å². The molecule has 5 nitrogen and oxygen atoms in total. The molecule has 5 heteroatoms. The summed E-state index contributed by atoms with van der Waals surface area (Å²) in [6.45, 7) is 10.0. The van der Waals surface area contributed by atoms with Gasteiger partial charge in [0.25, 0.3) is 5.91 Å². The second-order valence-corrected chi connectivity index (χ2v) is 8.31. The van der Waals surface area contributed by atoms with Gasteiger partial charge < -0.3 is 19.5 Å². The number of rotatable bonds is 6. The Labute approximate surface area is 173 Å². The average molecular weight is 398 g/mol. The summed E-state index contributed by atoms with van der Waals surface area (Å²) in [7, 11) is 1.63. The molecule has 0 saturated heterocycles. The predicted molar refractivity (Wildman–Crippen MR) is 114 cm³/mol. The fourth-order valence-corrected chi connectivity index (χ4v) is 3.66. The van der Waals surface area contributed by atoms with Crippen LogP contribution in [0.1, 0.15) is 56.3 Å². The van der Waals surface area contributed by atoms with E-state index in [9.17, 15) is 4.79 Å². The van der Waals surface area contributed by atoms with Gasteiger partial charge in [0.2, 0.25) is 0 Å². The Hall–Kier alpha value is -2.69. The van der Waals surface area contributed by atoms with Gasteiger partial charge >= 0.3 is 0 Å². The maximum atomic E-state index is 13.1. The first-order valence-corrected chi connectivity index (χ1v) is 10.1. The number of ether oxygens (including phenoxy) is 3. The molecule has 1 N–H and O–H groups in total. The van der Waals surface area contributed by atoms with Crippen LogP contribution in [0.2, 0.25) is 0 Å². The molecule has 1 aliphatic heterocycles. The number of carbonyl (C=O) groups is 1. The van der Waals surface area contributed by atoms with E-state index in [4.69, 9.17) is 14.2 Å². The second-order valence-electron chi connectivity index (χ2n) is 8.31. The van der Waals surface area contributed by atoms with Crippen molar-refractivity contribution in [3.8, 4) is 17.2 Å². The zero-order valence-corrected chi connectivity index (χ0v) is 18.2. The van der Waals surface area contributed by atoms with Crippen LogP contribution in [0.15, 0.2) is 36.4 Å². The lowest BCUT2D eigenvalue weighted by Crippen LogP contribution is -2.45. The van der Waals surface area contributed by atoms with Gasteiger partial charge in [0.15, 0.2) is 6.10 Å². The SMILES string of the molecule is CC[C@H](Oc1cc(C)ccc1C)C(=O)N[C@H]1CC(C)(C)Oc2cc(OC)ccc21. The third kappa shape index (κ3) is 4.84. The molecule has 1 heterocycles. The van der Waals surface area contributed by atoms with Gasteiger partial charge in [0.05, 0.1) is 13.2 Å². The molecule has 0 radical (unpaired) electrons. The highest BCUT2D eigenvalue weighted by molar-refractivity contribution is 5.81. The van der Waals surface area contributed by atoms with Crippen LogP contribution in [0.3, 0.4) is 0 Å². The van der Waals surface area contributed by atoms with Gasteiger partial charge in [-0.1, -0.05) is 19.1 Å². The highest BCUT2D eigenvalue weighted by atomic mass is 16.5. The maximum Gasteiger partial charge on any atom is 0.261 e. The fraction of sp³-hybridized carbons (Fsp3) is 0.458. The second kappa shape index (κ2) is 8.36. The van der Waals surface area contributed by atoms with E-state index in [2.05, 4.69) is 5.32 Å². The molecular weight excluding hydrogens is 366 g/mol. The Bertz CT molecular complexity index is 890. The van der Waals surface area contributed by atoms with Crippen molar-refractivity contribution in [2.24, 2.45) is 0 Å². The maximum absolute atomic E-state index is 13.1. The summed E-state index contributed by atoms with van der Waals surface area (Å²) in [5.41, 5.74) is 2.69. The molecule has 0 aromatic heterocycles. The van der Waals surface area contributed by atoms with Crippen LogP contribution in [0.25, 0.3) is 0 Å². The summed E-state index contributed by atoms with van der Waals surface area (Å²) in [4.78, 5) is 13.1. The van der Waals surface area contributed by atoms with E-state index in [1.165, 1.54) is 0 Å². The molecule has 0 aliphatic carbocycles. The zero-order valence-electron chi connectivity index (χ0n) is 18.2. The fourth-order valence-electron chi connectivity index (χ4n) is 3.66. The largest absolute Gasteiger partial charge is 0.497 e. The molecule has 156 valence electrons. The van der Waals surface area contributed by atoms with E-state index in [-0.39, 0.29) is 11.9 Å². The van der Waals surface area contributed by atoms with Crippen LogP contribution in [0.4, 0.5) is 0 Å². The molecule has 0 spiro atoms. The monoisotopic (exact) mass is 397 g/mol. The van der Waals surface area contributed by atoms with E-state index in [1.54, 1.807) is 7.11 Å². The highest BCUT2D eigenvalue weighted by Gasteiger charge is 2.36. The van der Waals surface area contributed by atoms with Gasteiger partial charge in [-0.15, -0.1) is 0 Å². The van der Waals surface area contributed by atoms with E-state index >= 15 is 0 Å². The van der Waals surface area contributed by atoms with Gasteiger partial charge in [0.1, 0.15) is 22.8 Å². The molecular formula is C24H31NO4. The summed E-state index contributed by atoms with van der Waals surface area (Å²) in [5, 5.41) is 3.19. The van der Waals surface area contributed by atoms with E-state index in [0.717, 1.165) is 33.9 Å². The van der Waals surface area contributed by atoms with Crippen molar-refractivity contribution in [1.29, 1.82) is 0 Å². The first kappa shape index (κ1) is 21.0. The number of methoxy groups -OCH3 is 1. The van der Waals surface area contributed by atoms with Gasteiger partial charge in [-0.05, 0) is 63.4 Å². The lowest BCUT2D eigenvalue weighted by molar-refractivity contribution is -0.129. The van der Waals surface area contributed by atoms with Crippen LogP contribution >= 0.6 is 0 Å². The molecule has 0 fully saturated rings. The molecule has 0 saturated carbocycles. The molecule has 0 bridgehead atoms. The molecule has 2 aromatic rings. The highest BCUT2D eigenvalue weighted by Crippen LogP contribution is 2.41. The van der Waals surface area contributed by atoms with Crippen molar-refractivity contribution in [2.45, 2.75) is 65.2 Å². The summed E-state index contributed by atoms with van der Waals surface area (Å²) >= 11 is 0. The first-order chi connectivity index (χ1) is 13.7. The van der Waals surface area contributed by atoms with Gasteiger partial charge in [-0.3, -0.25) is 4.79 Å². The minimum absolute atomic E-state index is 0.113.